The van der Waals surface area contributed by atoms with Crippen molar-refractivity contribution < 1.29 is 22.4 Å². The maximum Gasteiger partial charge on any atom is 0.178 e. The summed E-state index contributed by atoms with van der Waals surface area (Å²) in [5, 5.41) is 13.5. The minimum absolute atomic E-state index is 0.156. The number of pyridine rings is 1. The van der Waals surface area contributed by atoms with Crippen LogP contribution in [0.25, 0.3) is 22.4 Å². The molecule has 0 amide bonds. The van der Waals surface area contributed by atoms with E-state index in [9.17, 15) is 17.9 Å². The second-order valence-corrected chi connectivity index (χ2v) is 7.64. The molecule has 0 bridgehead atoms. The highest BCUT2D eigenvalue weighted by Gasteiger charge is 2.22. The van der Waals surface area contributed by atoms with Crippen molar-refractivity contribution in [3.05, 3.63) is 53.8 Å². The first-order chi connectivity index (χ1) is 11.8. The average Bonchev–Trinajstić information content (AvgIpc) is 2.97. The number of rotatable bonds is 4. The van der Waals surface area contributed by atoms with Gasteiger partial charge in [0.25, 0.3) is 0 Å². The predicted octanol–water partition coefficient (Wildman–Crippen LogP) is 2.75. The van der Waals surface area contributed by atoms with Crippen LogP contribution in [0.15, 0.2) is 46.1 Å². The molecule has 0 saturated carbocycles. The number of aromatic nitrogens is 2. The van der Waals surface area contributed by atoms with Gasteiger partial charge < -0.3 is 9.63 Å². The first kappa shape index (κ1) is 17.2. The molecule has 8 heteroatoms. The summed E-state index contributed by atoms with van der Waals surface area (Å²) in [5.41, 5.74) is 2.69. The summed E-state index contributed by atoms with van der Waals surface area (Å²) in [7, 11) is -3.68. The lowest BCUT2D eigenvalue weighted by atomic mass is 9.99. The van der Waals surface area contributed by atoms with Gasteiger partial charge in [0, 0.05) is 24.2 Å². The molecule has 0 aliphatic heterocycles. The summed E-state index contributed by atoms with van der Waals surface area (Å²) >= 11 is 0. The molecule has 0 aliphatic carbocycles. The third-order valence-electron chi connectivity index (χ3n) is 3.67. The zero-order chi connectivity index (χ0) is 18.2. The summed E-state index contributed by atoms with van der Waals surface area (Å²) in [4.78, 5) is 3.71. The first-order valence-corrected chi connectivity index (χ1v) is 9.22. The van der Waals surface area contributed by atoms with Crippen molar-refractivity contribution in [2.45, 2.75) is 18.4 Å². The van der Waals surface area contributed by atoms with Gasteiger partial charge in [-0.3, -0.25) is 4.98 Å². The Bertz CT molecular complexity index is 1040. The van der Waals surface area contributed by atoms with E-state index in [4.69, 9.17) is 4.52 Å². The predicted molar refractivity (Wildman–Crippen MR) is 88.9 cm³/mol. The molecule has 0 spiro atoms. The Hall–Kier alpha value is -2.58. The Labute approximate surface area is 143 Å². The van der Waals surface area contributed by atoms with E-state index >= 15 is 0 Å². The van der Waals surface area contributed by atoms with Gasteiger partial charge in [-0.15, -0.1) is 0 Å². The maximum absolute atomic E-state index is 14.3. The van der Waals surface area contributed by atoms with Crippen LogP contribution in [0.3, 0.4) is 0 Å². The zero-order valence-corrected chi connectivity index (χ0v) is 14.3. The van der Waals surface area contributed by atoms with Gasteiger partial charge >= 0.3 is 0 Å². The zero-order valence-electron chi connectivity index (χ0n) is 13.5. The first-order valence-electron chi connectivity index (χ1n) is 7.32. The summed E-state index contributed by atoms with van der Waals surface area (Å²) in [6.07, 6.45) is 4.20. The fraction of sp³-hybridized carbons (Fsp3) is 0.176. The van der Waals surface area contributed by atoms with E-state index in [1.165, 1.54) is 12.1 Å². The fourth-order valence-corrected chi connectivity index (χ4v) is 3.30. The molecular weight excluding hydrogens is 347 g/mol. The number of sulfone groups is 1. The average molecular weight is 362 g/mol. The van der Waals surface area contributed by atoms with Crippen molar-refractivity contribution in [1.29, 1.82) is 0 Å². The second-order valence-electron chi connectivity index (χ2n) is 5.66. The van der Waals surface area contributed by atoms with Crippen molar-refractivity contribution in [2.75, 3.05) is 6.26 Å². The Morgan fingerprint density at radius 1 is 1.20 bits per heavy atom. The number of hydrogen-bond acceptors (Lipinski definition) is 6. The van der Waals surface area contributed by atoms with E-state index < -0.39 is 27.2 Å². The molecule has 0 unspecified atom stereocenters. The van der Waals surface area contributed by atoms with Gasteiger partial charge in [0.2, 0.25) is 0 Å². The summed E-state index contributed by atoms with van der Waals surface area (Å²) in [5.74, 6) is -0.721. The molecule has 130 valence electrons. The number of aryl methyl sites for hydroxylation is 1. The van der Waals surface area contributed by atoms with E-state index in [0.29, 0.717) is 22.4 Å². The number of aliphatic hydroxyl groups excluding tert-OH is 1. The lowest BCUT2D eigenvalue weighted by Crippen LogP contribution is -2.01. The molecule has 0 saturated heterocycles. The van der Waals surface area contributed by atoms with Crippen LogP contribution >= 0.6 is 0 Å². The molecule has 2 heterocycles. The van der Waals surface area contributed by atoms with Crippen LogP contribution in [-0.2, 0) is 16.4 Å². The van der Waals surface area contributed by atoms with Gasteiger partial charge in [-0.2, -0.15) is 0 Å². The number of halogens is 1. The summed E-state index contributed by atoms with van der Waals surface area (Å²) in [6, 6.07) is 5.57. The molecule has 0 aliphatic rings. The summed E-state index contributed by atoms with van der Waals surface area (Å²) < 4.78 is 42.6. The van der Waals surface area contributed by atoms with Crippen LogP contribution in [0.1, 0.15) is 11.3 Å². The molecule has 3 aromatic rings. The van der Waals surface area contributed by atoms with Gasteiger partial charge in [-0.1, -0.05) is 11.2 Å². The Balaban J connectivity index is 2.21. The van der Waals surface area contributed by atoms with Crippen LogP contribution in [0, 0.1) is 12.7 Å². The Morgan fingerprint density at radius 2 is 1.96 bits per heavy atom. The molecule has 0 atom stereocenters. The van der Waals surface area contributed by atoms with Gasteiger partial charge in [0.15, 0.2) is 15.6 Å². The minimum atomic E-state index is -3.68. The SMILES string of the molecule is Cc1cncc(-c2noc(CO)c2-c2ccc(S(C)(=O)=O)c(F)c2)c1. The van der Waals surface area contributed by atoms with Gasteiger partial charge in [-0.25, -0.2) is 12.8 Å². The molecule has 1 N–H and O–H groups in total. The quantitative estimate of drug-likeness (QED) is 0.767. The van der Waals surface area contributed by atoms with Crippen molar-refractivity contribution in [2.24, 2.45) is 0 Å². The smallest absolute Gasteiger partial charge is 0.178 e. The Kier molecular flexibility index (Phi) is 4.40. The van der Waals surface area contributed by atoms with Crippen molar-refractivity contribution >= 4 is 9.84 Å². The van der Waals surface area contributed by atoms with E-state index in [2.05, 4.69) is 10.1 Å². The largest absolute Gasteiger partial charge is 0.388 e. The highest BCUT2D eigenvalue weighted by Crippen LogP contribution is 2.35. The standard InChI is InChI=1S/C17H15FN2O4S/c1-10-5-12(8-19-7-10)17-16(14(9-21)24-20-17)11-3-4-15(13(18)6-11)25(2,22)23/h3-8,21H,9H2,1-2H3. The maximum atomic E-state index is 14.3. The van der Waals surface area contributed by atoms with Gasteiger partial charge in [-0.05, 0) is 36.2 Å². The highest BCUT2D eigenvalue weighted by atomic mass is 32.2. The number of nitrogens with zero attached hydrogens (tertiary/aromatic N) is 2. The molecule has 6 nitrogen and oxygen atoms in total. The highest BCUT2D eigenvalue weighted by molar-refractivity contribution is 7.90. The van der Waals surface area contributed by atoms with Gasteiger partial charge in [0.1, 0.15) is 23.0 Å². The summed E-state index contributed by atoms with van der Waals surface area (Å²) in [6.45, 7) is 1.43. The lowest BCUT2D eigenvalue weighted by molar-refractivity contribution is 0.230. The van der Waals surface area contributed by atoms with Crippen molar-refractivity contribution in [3.8, 4) is 22.4 Å². The third-order valence-corrected chi connectivity index (χ3v) is 4.80. The van der Waals surface area contributed by atoms with Crippen molar-refractivity contribution in [3.63, 3.8) is 0 Å². The molecule has 0 fully saturated rings. The number of aliphatic hydroxyl groups is 1. The monoisotopic (exact) mass is 362 g/mol. The van der Waals surface area contributed by atoms with E-state index in [0.717, 1.165) is 17.9 Å². The number of benzene rings is 1. The molecule has 0 radical (unpaired) electrons. The minimum Gasteiger partial charge on any atom is -0.388 e. The molecule has 3 rings (SSSR count). The van der Waals surface area contributed by atoms with E-state index in [-0.39, 0.29) is 5.76 Å². The van der Waals surface area contributed by atoms with E-state index in [1.807, 2.05) is 13.0 Å². The van der Waals surface area contributed by atoms with Crippen LogP contribution < -0.4 is 0 Å². The normalized spacial score (nSPS) is 11.7. The second kappa shape index (κ2) is 6.38. The molecular formula is C17H15FN2O4S. The number of hydrogen-bond donors (Lipinski definition) is 1. The van der Waals surface area contributed by atoms with Gasteiger partial charge in [0.05, 0.1) is 5.56 Å². The molecule has 2 aromatic heterocycles. The van der Waals surface area contributed by atoms with Crippen molar-refractivity contribution in [1.82, 2.24) is 10.1 Å². The van der Waals surface area contributed by atoms with Crippen LogP contribution in [0.2, 0.25) is 0 Å². The third kappa shape index (κ3) is 3.31. The molecule has 1 aromatic carbocycles. The fourth-order valence-electron chi connectivity index (χ4n) is 2.57. The topological polar surface area (TPSA) is 93.3 Å². The van der Waals surface area contributed by atoms with Crippen LogP contribution in [-0.4, -0.2) is 29.9 Å². The Morgan fingerprint density at radius 3 is 2.56 bits per heavy atom. The molecule has 25 heavy (non-hydrogen) atoms. The van der Waals surface area contributed by atoms with Crippen LogP contribution in [0.5, 0.6) is 0 Å². The van der Waals surface area contributed by atoms with E-state index in [1.54, 1.807) is 12.4 Å². The van der Waals surface area contributed by atoms with Crippen LogP contribution in [0.4, 0.5) is 4.39 Å². The lowest BCUT2D eigenvalue weighted by Gasteiger charge is -2.07.